The summed E-state index contributed by atoms with van der Waals surface area (Å²) in [6.45, 7) is 3.85. The molecule has 0 radical (unpaired) electrons. The minimum atomic E-state index is -0.0911. The van der Waals surface area contributed by atoms with Gasteiger partial charge in [0.25, 0.3) is 5.91 Å². The van der Waals surface area contributed by atoms with Gasteiger partial charge in [-0.1, -0.05) is 12.1 Å². The van der Waals surface area contributed by atoms with Crippen molar-refractivity contribution in [3.63, 3.8) is 0 Å². The summed E-state index contributed by atoms with van der Waals surface area (Å²) in [5, 5.41) is 3.88. The normalized spacial score (nSPS) is 12.0. The van der Waals surface area contributed by atoms with Crippen molar-refractivity contribution in [1.82, 2.24) is 15.3 Å². The van der Waals surface area contributed by atoms with Crippen molar-refractivity contribution >= 4 is 29.0 Å². The maximum atomic E-state index is 12.7. The maximum absolute atomic E-state index is 12.7. The number of aromatic nitrogens is 2. The van der Waals surface area contributed by atoms with Gasteiger partial charge in [0, 0.05) is 22.9 Å². The zero-order chi connectivity index (χ0) is 17.8. The SMILES string of the molecule is CSc1ccc(C(C)NC(=O)c2sc(-c3cccnc3)nc2C)cc1. The minimum Gasteiger partial charge on any atom is -0.345 e. The quantitative estimate of drug-likeness (QED) is 0.661. The van der Waals surface area contributed by atoms with E-state index in [0.29, 0.717) is 4.88 Å². The van der Waals surface area contributed by atoms with E-state index in [4.69, 9.17) is 0 Å². The molecule has 0 aliphatic carbocycles. The largest absolute Gasteiger partial charge is 0.345 e. The lowest BCUT2D eigenvalue weighted by Crippen LogP contribution is -2.26. The van der Waals surface area contributed by atoms with Gasteiger partial charge in [-0.05, 0) is 49.9 Å². The van der Waals surface area contributed by atoms with Gasteiger partial charge in [0.2, 0.25) is 0 Å². The maximum Gasteiger partial charge on any atom is 0.263 e. The lowest BCUT2D eigenvalue weighted by molar-refractivity contribution is 0.0943. The molecule has 0 spiro atoms. The van der Waals surface area contributed by atoms with Crippen molar-refractivity contribution < 1.29 is 4.79 Å². The molecule has 1 amide bonds. The second-order valence-corrected chi connectivity index (χ2v) is 7.52. The third kappa shape index (κ3) is 4.08. The van der Waals surface area contributed by atoms with E-state index in [1.807, 2.05) is 32.2 Å². The van der Waals surface area contributed by atoms with Crippen molar-refractivity contribution in [2.45, 2.75) is 24.8 Å². The fourth-order valence-electron chi connectivity index (χ4n) is 2.46. The Morgan fingerprint density at radius 2 is 2.00 bits per heavy atom. The van der Waals surface area contributed by atoms with Gasteiger partial charge in [-0.2, -0.15) is 0 Å². The molecular formula is C19H19N3OS2. The molecule has 0 saturated heterocycles. The molecule has 1 N–H and O–H groups in total. The van der Waals surface area contributed by atoms with Crippen molar-refractivity contribution in [3.05, 3.63) is 64.9 Å². The number of pyridine rings is 1. The summed E-state index contributed by atoms with van der Waals surface area (Å²) in [6.07, 6.45) is 5.53. The number of nitrogens with zero attached hydrogens (tertiary/aromatic N) is 2. The summed E-state index contributed by atoms with van der Waals surface area (Å²) in [5.41, 5.74) is 2.75. The first kappa shape index (κ1) is 17.6. The van der Waals surface area contributed by atoms with Crippen LogP contribution in [0, 0.1) is 6.92 Å². The first-order valence-corrected chi connectivity index (χ1v) is 9.95. The molecule has 128 valence electrons. The molecule has 6 heteroatoms. The number of thioether (sulfide) groups is 1. The second kappa shape index (κ2) is 7.80. The topological polar surface area (TPSA) is 54.9 Å². The Balaban J connectivity index is 1.75. The number of amides is 1. The fourth-order valence-corrected chi connectivity index (χ4v) is 3.83. The lowest BCUT2D eigenvalue weighted by Gasteiger charge is -2.14. The Morgan fingerprint density at radius 3 is 2.64 bits per heavy atom. The summed E-state index contributed by atoms with van der Waals surface area (Å²) in [5.74, 6) is -0.0911. The van der Waals surface area contributed by atoms with Gasteiger partial charge in [-0.3, -0.25) is 9.78 Å². The average Bonchev–Trinajstić information content (AvgIpc) is 3.04. The molecule has 3 rings (SSSR count). The third-order valence-corrected chi connectivity index (χ3v) is 5.82. The molecule has 4 nitrogen and oxygen atoms in total. The van der Waals surface area contributed by atoms with Crippen LogP contribution in [0.3, 0.4) is 0 Å². The van der Waals surface area contributed by atoms with Gasteiger partial charge >= 0.3 is 0 Å². The van der Waals surface area contributed by atoms with Crippen LogP contribution < -0.4 is 5.32 Å². The van der Waals surface area contributed by atoms with E-state index in [-0.39, 0.29) is 11.9 Å². The zero-order valence-electron chi connectivity index (χ0n) is 14.3. The Labute approximate surface area is 155 Å². The molecule has 0 aliphatic rings. The molecule has 3 aromatic rings. The average molecular weight is 370 g/mol. The predicted octanol–water partition coefficient (Wildman–Crippen LogP) is 4.73. The molecular weight excluding hydrogens is 350 g/mol. The number of hydrogen-bond donors (Lipinski definition) is 1. The molecule has 1 aromatic carbocycles. The van der Waals surface area contributed by atoms with Crippen LogP contribution in [-0.2, 0) is 0 Å². The van der Waals surface area contributed by atoms with Gasteiger partial charge in [0.15, 0.2) is 0 Å². The lowest BCUT2D eigenvalue weighted by atomic mass is 10.1. The number of aryl methyl sites for hydroxylation is 1. The molecule has 25 heavy (non-hydrogen) atoms. The number of benzene rings is 1. The summed E-state index contributed by atoms with van der Waals surface area (Å²) in [7, 11) is 0. The van der Waals surface area contributed by atoms with Crippen LogP contribution in [0.1, 0.15) is 33.9 Å². The third-order valence-electron chi connectivity index (χ3n) is 3.87. The van der Waals surface area contributed by atoms with Crippen LogP contribution in [0.2, 0.25) is 0 Å². The van der Waals surface area contributed by atoms with Crippen molar-refractivity contribution in [1.29, 1.82) is 0 Å². The van der Waals surface area contributed by atoms with E-state index in [1.54, 1.807) is 24.2 Å². The van der Waals surface area contributed by atoms with Gasteiger partial charge in [0.1, 0.15) is 9.88 Å². The van der Waals surface area contributed by atoms with E-state index in [2.05, 4.69) is 39.6 Å². The van der Waals surface area contributed by atoms with Gasteiger partial charge in [-0.15, -0.1) is 23.1 Å². The van der Waals surface area contributed by atoms with Crippen molar-refractivity contribution in [2.75, 3.05) is 6.26 Å². The molecule has 0 saturated carbocycles. The summed E-state index contributed by atoms with van der Waals surface area (Å²) in [6, 6.07) is 12.0. The number of nitrogens with one attached hydrogen (secondary N) is 1. The number of rotatable bonds is 5. The van der Waals surface area contributed by atoms with E-state index >= 15 is 0 Å². The summed E-state index contributed by atoms with van der Waals surface area (Å²) in [4.78, 5) is 23.1. The number of carbonyl (C=O) groups is 1. The van der Waals surface area contributed by atoms with E-state index < -0.39 is 0 Å². The van der Waals surface area contributed by atoms with Crippen LogP contribution in [0.15, 0.2) is 53.7 Å². The van der Waals surface area contributed by atoms with Gasteiger partial charge in [-0.25, -0.2) is 4.98 Å². The summed E-state index contributed by atoms with van der Waals surface area (Å²) < 4.78 is 0. The van der Waals surface area contributed by atoms with E-state index in [9.17, 15) is 4.79 Å². The minimum absolute atomic E-state index is 0.0632. The highest BCUT2D eigenvalue weighted by atomic mass is 32.2. The van der Waals surface area contributed by atoms with Crippen molar-refractivity contribution in [3.8, 4) is 10.6 Å². The zero-order valence-corrected chi connectivity index (χ0v) is 15.9. The highest BCUT2D eigenvalue weighted by Crippen LogP contribution is 2.28. The van der Waals surface area contributed by atoms with Crippen LogP contribution in [0.25, 0.3) is 10.6 Å². The van der Waals surface area contributed by atoms with Crippen LogP contribution in [0.5, 0.6) is 0 Å². The molecule has 0 bridgehead atoms. The fraction of sp³-hybridized carbons (Fsp3) is 0.211. The number of thiazole rings is 1. The van der Waals surface area contributed by atoms with Gasteiger partial charge < -0.3 is 5.32 Å². The van der Waals surface area contributed by atoms with Crippen LogP contribution >= 0.6 is 23.1 Å². The monoisotopic (exact) mass is 369 g/mol. The smallest absolute Gasteiger partial charge is 0.263 e. The Bertz CT molecular complexity index is 860. The van der Waals surface area contributed by atoms with E-state index in [1.165, 1.54) is 16.2 Å². The Hall–Kier alpha value is -2.18. The molecule has 1 unspecified atom stereocenters. The first-order valence-electron chi connectivity index (χ1n) is 7.91. The number of carbonyl (C=O) groups excluding carboxylic acids is 1. The first-order chi connectivity index (χ1) is 12.1. The molecule has 2 heterocycles. The molecule has 0 aliphatic heterocycles. The molecule has 2 aromatic heterocycles. The van der Waals surface area contributed by atoms with Crippen LogP contribution in [0.4, 0.5) is 0 Å². The Morgan fingerprint density at radius 1 is 1.24 bits per heavy atom. The van der Waals surface area contributed by atoms with Crippen LogP contribution in [-0.4, -0.2) is 22.1 Å². The Kier molecular flexibility index (Phi) is 5.50. The second-order valence-electron chi connectivity index (χ2n) is 5.64. The van der Waals surface area contributed by atoms with Gasteiger partial charge in [0.05, 0.1) is 11.7 Å². The highest BCUT2D eigenvalue weighted by Gasteiger charge is 2.18. The standard InChI is InChI=1S/C19H19N3OS2/c1-12(14-6-8-16(24-3)9-7-14)21-18(23)17-13(2)22-19(25-17)15-5-4-10-20-11-15/h4-12H,1-3H3,(H,21,23). The highest BCUT2D eigenvalue weighted by molar-refractivity contribution is 7.98. The molecule has 1 atom stereocenters. The van der Waals surface area contributed by atoms with Crippen molar-refractivity contribution in [2.24, 2.45) is 0 Å². The van der Waals surface area contributed by atoms with E-state index in [0.717, 1.165) is 21.8 Å². The number of hydrogen-bond acceptors (Lipinski definition) is 5. The molecule has 0 fully saturated rings. The predicted molar refractivity (Wildman–Crippen MR) is 104 cm³/mol. The summed E-state index contributed by atoms with van der Waals surface area (Å²) >= 11 is 3.10.